The summed E-state index contributed by atoms with van der Waals surface area (Å²) in [6, 6.07) is 5.06. The van der Waals surface area contributed by atoms with Crippen molar-refractivity contribution in [1.82, 2.24) is 20.3 Å². The maximum atomic E-state index is 12.0. The summed E-state index contributed by atoms with van der Waals surface area (Å²) in [5.41, 5.74) is 1.00. The molecule has 142 valence electrons. The van der Waals surface area contributed by atoms with Crippen molar-refractivity contribution in [2.45, 2.75) is 12.6 Å². The van der Waals surface area contributed by atoms with Crippen molar-refractivity contribution >= 4 is 11.6 Å². The highest BCUT2D eigenvalue weighted by atomic mass is 19.4. The number of halogens is 3. The zero-order valence-corrected chi connectivity index (χ0v) is 14.0. The molecule has 0 bridgehead atoms. The summed E-state index contributed by atoms with van der Waals surface area (Å²) >= 11 is 0. The van der Waals surface area contributed by atoms with Crippen LogP contribution in [0.15, 0.2) is 48.9 Å². The number of alkyl halides is 3. The van der Waals surface area contributed by atoms with Gasteiger partial charge in [-0.15, -0.1) is 0 Å². The van der Waals surface area contributed by atoms with E-state index in [0.29, 0.717) is 13.0 Å². The molecule has 0 radical (unpaired) electrons. The Kier molecular flexibility index (Phi) is 6.98. The number of amides is 1. The molecule has 2 rings (SSSR count). The third-order valence-electron chi connectivity index (χ3n) is 3.11. The second-order valence-electron chi connectivity index (χ2n) is 5.27. The first kappa shape index (κ1) is 20.0. The Morgan fingerprint density at radius 1 is 1.19 bits per heavy atom. The summed E-state index contributed by atoms with van der Waals surface area (Å²) in [6.07, 6.45) is 2.46. The largest absolute Gasteiger partial charge is 0.454 e. The summed E-state index contributed by atoms with van der Waals surface area (Å²) in [4.78, 5) is 23.1. The maximum absolute atomic E-state index is 12.0. The van der Waals surface area contributed by atoms with E-state index in [0.717, 1.165) is 18.1 Å². The van der Waals surface area contributed by atoms with Gasteiger partial charge in [0.2, 0.25) is 5.91 Å². The lowest BCUT2D eigenvalue weighted by atomic mass is 10.2. The fourth-order valence-corrected chi connectivity index (χ4v) is 1.85. The van der Waals surface area contributed by atoms with Crippen LogP contribution in [0.4, 0.5) is 13.2 Å². The van der Waals surface area contributed by atoms with E-state index in [4.69, 9.17) is 5.41 Å². The van der Waals surface area contributed by atoms with Crippen LogP contribution in [0.1, 0.15) is 11.3 Å². The number of ether oxygens (including phenoxy) is 1. The maximum Gasteiger partial charge on any atom is 0.422 e. The Labute approximate surface area is 152 Å². The minimum absolute atomic E-state index is 0.0720. The van der Waals surface area contributed by atoms with Gasteiger partial charge in [0.25, 0.3) is 0 Å². The highest BCUT2D eigenvalue weighted by molar-refractivity contribution is 6.08. The molecule has 2 aromatic heterocycles. The van der Waals surface area contributed by atoms with Gasteiger partial charge in [0, 0.05) is 48.9 Å². The van der Waals surface area contributed by atoms with Gasteiger partial charge in [-0.25, -0.2) is 9.97 Å². The Hall–Kier alpha value is -3.30. The van der Waals surface area contributed by atoms with E-state index in [9.17, 15) is 18.0 Å². The zero-order chi connectivity index (χ0) is 19.7. The van der Waals surface area contributed by atoms with Crippen LogP contribution < -0.4 is 10.1 Å². The van der Waals surface area contributed by atoms with Gasteiger partial charge in [0.1, 0.15) is 0 Å². The molecule has 10 heteroatoms. The first-order valence-electron chi connectivity index (χ1n) is 7.80. The third-order valence-corrected chi connectivity index (χ3v) is 3.11. The van der Waals surface area contributed by atoms with E-state index >= 15 is 0 Å². The van der Waals surface area contributed by atoms with Crippen LogP contribution in [0.25, 0.3) is 0 Å². The minimum Gasteiger partial charge on any atom is -0.454 e. The molecule has 0 aliphatic heterocycles. The molecule has 0 saturated carbocycles. The van der Waals surface area contributed by atoms with Crippen LogP contribution >= 0.6 is 0 Å². The lowest BCUT2D eigenvalue weighted by Crippen LogP contribution is -2.24. The van der Waals surface area contributed by atoms with Gasteiger partial charge < -0.3 is 15.5 Å². The second-order valence-corrected chi connectivity index (χ2v) is 5.27. The standard InChI is InChI=1S/C17H16F3N5O2/c18-17(19,20)11-27-16-24-9-12(10-25-16)14(21)4-5-15(26)23-8-6-13-3-1-2-7-22-13/h1-5,7,9-10,21H,6,8,11H2,(H,23,26)/b5-4-,21-14?. The van der Waals surface area contributed by atoms with Gasteiger partial charge in [0.15, 0.2) is 6.61 Å². The molecule has 0 atom stereocenters. The Bertz CT molecular complexity index is 792. The normalized spacial score (nSPS) is 11.4. The average Bonchev–Trinajstić information content (AvgIpc) is 2.65. The molecule has 0 aliphatic carbocycles. The van der Waals surface area contributed by atoms with Crippen LogP contribution in [-0.2, 0) is 11.2 Å². The van der Waals surface area contributed by atoms with Crippen molar-refractivity contribution in [2.75, 3.05) is 13.2 Å². The van der Waals surface area contributed by atoms with Crippen LogP contribution in [0.2, 0.25) is 0 Å². The summed E-state index contributed by atoms with van der Waals surface area (Å²) in [5, 5.41) is 10.5. The van der Waals surface area contributed by atoms with Crippen molar-refractivity contribution in [1.29, 1.82) is 5.41 Å². The first-order chi connectivity index (χ1) is 12.8. The molecule has 0 aliphatic rings. The molecule has 0 spiro atoms. The van der Waals surface area contributed by atoms with Crippen LogP contribution in [0, 0.1) is 5.41 Å². The molecular formula is C17H16F3N5O2. The van der Waals surface area contributed by atoms with Crippen molar-refractivity contribution in [3.8, 4) is 6.01 Å². The van der Waals surface area contributed by atoms with E-state index in [1.165, 1.54) is 12.2 Å². The Balaban J connectivity index is 1.78. The number of pyridine rings is 1. The van der Waals surface area contributed by atoms with E-state index in [2.05, 4.69) is 25.0 Å². The molecular weight excluding hydrogens is 363 g/mol. The lowest BCUT2D eigenvalue weighted by molar-refractivity contribution is -0.154. The number of allylic oxidation sites excluding steroid dienone is 1. The summed E-state index contributed by atoms with van der Waals surface area (Å²) < 4.78 is 40.5. The van der Waals surface area contributed by atoms with Crippen molar-refractivity contribution < 1.29 is 22.7 Å². The van der Waals surface area contributed by atoms with Crippen LogP contribution in [0.3, 0.4) is 0 Å². The highest BCUT2D eigenvalue weighted by Gasteiger charge is 2.28. The van der Waals surface area contributed by atoms with E-state index in [1.54, 1.807) is 12.3 Å². The molecule has 2 N–H and O–H groups in total. The molecule has 2 aromatic rings. The van der Waals surface area contributed by atoms with Gasteiger partial charge in [0.05, 0.1) is 5.71 Å². The SMILES string of the molecule is N=C(/C=C\C(=O)NCCc1ccccn1)c1cnc(OCC(F)(F)F)nc1. The Morgan fingerprint density at radius 3 is 2.56 bits per heavy atom. The predicted octanol–water partition coefficient (Wildman–Crippen LogP) is 2.10. The molecule has 7 nitrogen and oxygen atoms in total. The van der Waals surface area contributed by atoms with Gasteiger partial charge in [-0.1, -0.05) is 6.07 Å². The lowest BCUT2D eigenvalue weighted by Gasteiger charge is -2.07. The van der Waals surface area contributed by atoms with Gasteiger partial charge in [-0.05, 0) is 18.2 Å². The number of rotatable bonds is 8. The quantitative estimate of drug-likeness (QED) is 0.540. The summed E-state index contributed by atoms with van der Waals surface area (Å²) in [5.74, 6) is -0.387. The second kappa shape index (κ2) is 9.41. The van der Waals surface area contributed by atoms with Crippen molar-refractivity contribution in [3.05, 3.63) is 60.2 Å². The fraction of sp³-hybridized carbons (Fsp3) is 0.235. The summed E-state index contributed by atoms with van der Waals surface area (Å²) in [7, 11) is 0. The highest BCUT2D eigenvalue weighted by Crippen LogP contribution is 2.15. The zero-order valence-electron chi connectivity index (χ0n) is 14.0. The number of aromatic nitrogens is 3. The average molecular weight is 379 g/mol. The van der Waals surface area contributed by atoms with Crippen LogP contribution in [-0.4, -0.2) is 45.9 Å². The molecule has 0 unspecified atom stereocenters. The van der Waals surface area contributed by atoms with Gasteiger partial charge >= 0.3 is 12.2 Å². The van der Waals surface area contributed by atoms with E-state index in [-0.39, 0.29) is 17.2 Å². The number of hydrogen-bond acceptors (Lipinski definition) is 6. The molecule has 1 amide bonds. The molecule has 27 heavy (non-hydrogen) atoms. The minimum atomic E-state index is -4.48. The first-order valence-corrected chi connectivity index (χ1v) is 7.80. The number of carbonyl (C=O) groups is 1. The summed E-state index contributed by atoms with van der Waals surface area (Å²) in [6.45, 7) is -1.11. The molecule has 0 saturated heterocycles. The van der Waals surface area contributed by atoms with E-state index in [1.807, 2.05) is 12.1 Å². The van der Waals surface area contributed by atoms with Crippen LogP contribution in [0.5, 0.6) is 6.01 Å². The molecule has 0 aromatic carbocycles. The number of hydrogen-bond donors (Lipinski definition) is 2. The number of carbonyl (C=O) groups excluding carboxylic acids is 1. The van der Waals surface area contributed by atoms with Crippen molar-refractivity contribution in [3.63, 3.8) is 0 Å². The monoisotopic (exact) mass is 379 g/mol. The molecule has 0 fully saturated rings. The van der Waals surface area contributed by atoms with Crippen molar-refractivity contribution in [2.24, 2.45) is 0 Å². The molecule has 2 heterocycles. The number of nitrogens with zero attached hydrogens (tertiary/aromatic N) is 3. The smallest absolute Gasteiger partial charge is 0.422 e. The topological polar surface area (TPSA) is 101 Å². The van der Waals surface area contributed by atoms with Gasteiger partial charge in [-0.2, -0.15) is 13.2 Å². The van der Waals surface area contributed by atoms with E-state index < -0.39 is 18.8 Å². The van der Waals surface area contributed by atoms with Gasteiger partial charge in [-0.3, -0.25) is 9.78 Å². The predicted molar refractivity (Wildman–Crippen MR) is 90.5 cm³/mol. The third kappa shape index (κ3) is 7.63. The Morgan fingerprint density at radius 2 is 1.93 bits per heavy atom. The fourth-order valence-electron chi connectivity index (χ4n) is 1.85. The number of nitrogens with one attached hydrogen (secondary N) is 2.